The lowest BCUT2D eigenvalue weighted by Gasteiger charge is -2.22. The quantitative estimate of drug-likeness (QED) is 0.829. The molecule has 0 spiro atoms. The number of ether oxygens (including phenoxy) is 1. The van der Waals surface area contributed by atoms with E-state index in [4.69, 9.17) is 4.74 Å². The number of piperidine rings is 1. The molecule has 4 heteroatoms. The average Bonchev–Trinajstić information content (AvgIpc) is 2.43. The van der Waals surface area contributed by atoms with E-state index in [-0.39, 0.29) is 5.82 Å². The summed E-state index contributed by atoms with van der Waals surface area (Å²) in [7, 11) is 0. The Morgan fingerprint density at radius 2 is 2.16 bits per heavy atom. The van der Waals surface area contributed by atoms with Crippen molar-refractivity contribution in [3.8, 4) is 5.75 Å². The summed E-state index contributed by atoms with van der Waals surface area (Å²) < 4.78 is 18.8. The molecule has 0 radical (unpaired) electrons. The first-order valence-electron chi connectivity index (χ1n) is 7.12. The molecule has 0 saturated carbocycles. The van der Waals surface area contributed by atoms with Gasteiger partial charge in [0.2, 0.25) is 0 Å². The summed E-state index contributed by atoms with van der Waals surface area (Å²) in [4.78, 5) is 0. The first-order chi connectivity index (χ1) is 9.29. The van der Waals surface area contributed by atoms with Gasteiger partial charge in [-0.1, -0.05) is 6.07 Å². The molecule has 1 aliphatic rings. The van der Waals surface area contributed by atoms with Gasteiger partial charge in [-0.05, 0) is 63.0 Å². The van der Waals surface area contributed by atoms with Crippen LogP contribution >= 0.6 is 0 Å². The maximum atomic E-state index is 13.7. The number of rotatable bonds is 6. The predicted molar refractivity (Wildman–Crippen MR) is 74.9 cm³/mol. The molecular formula is C15H23FN2O. The number of hydrogen-bond donors (Lipinski definition) is 2. The van der Waals surface area contributed by atoms with Crippen molar-refractivity contribution < 1.29 is 9.13 Å². The molecule has 0 aromatic heterocycles. The van der Waals surface area contributed by atoms with E-state index in [1.54, 1.807) is 12.1 Å². The van der Waals surface area contributed by atoms with Crippen LogP contribution in [0.5, 0.6) is 5.75 Å². The molecule has 0 unspecified atom stereocenters. The molecule has 3 nitrogen and oxygen atoms in total. The van der Waals surface area contributed by atoms with Crippen LogP contribution in [0, 0.1) is 11.7 Å². The molecule has 0 bridgehead atoms. The van der Waals surface area contributed by atoms with Crippen LogP contribution in [0.15, 0.2) is 18.2 Å². The molecule has 1 saturated heterocycles. The second-order valence-corrected chi connectivity index (χ2v) is 5.02. The molecule has 0 aliphatic carbocycles. The Balaban J connectivity index is 1.77. The molecule has 106 valence electrons. The van der Waals surface area contributed by atoms with Crippen LogP contribution in [0.1, 0.15) is 25.3 Å². The standard InChI is InChI=1S/C15H23FN2O/c1-2-19-15-4-3-13(9-14(15)16)11-18-10-12-5-7-17-8-6-12/h3-4,9,12,17-18H,2,5-8,10-11H2,1H3. The number of hydrogen-bond acceptors (Lipinski definition) is 3. The van der Waals surface area contributed by atoms with Crippen molar-refractivity contribution >= 4 is 0 Å². The smallest absolute Gasteiger partial charge is 0.165 e. The third-order valence-electron chi connectivity index (χ3n) is 3.52. The summed E-state index contributed by atoms with van der Waals surface area (Å²) in [5.41, 5.74) is 0.967. The van der Waals surface area contributed by atoms with Gasteiger partial charge in [0, 0.05) is 6.54 Å². The monoisotopic (exact) mass is 266 g/mol. The van der Waals surface area contributed by atoms with Gasteiger partial charge in [-0.25, -0.2) is 4.39 Å². The van der Waals surface area contributed by atoms with Crippen molar-refractivity contribution in [2.75, 3.05) is 26.2 Å². The van der Waals surface area contributed by atoms with Gasteiger partial charge >= 0.3 is 0 Å². The second kappa shape index (κ2) is 7.46. The van der Waals surface area contributed by atoms with E-state index in [0.717, 1.165) is 31.1 Å². The van der Waals surface area contributed by atoms with E-state index in [2.05, 4.69) is 10.6 Å². The largest absolute Gasteiger partial charge is 0.491 e. The van der Waals surface area contributed by atoms with Crippen LogP contribution in [0.4, 0.5) is 4.39 Å². The maximum absolute atomic E-state index is 13.7. The number of benzene rings is 1. The first kappa shape index (κ1) is 14.3. The van der Waals surface area contributed by atoms with Gasteiger partial charge in [0.05, 0.1) is 6.61 Å². The van der Waals surface area contributed by atoms with Crippen molar-refractivity contribution in [1.82, 2.24) is 10.6 Å². The van der Waals surface area contributed by atoms with Gasteiger partial charge in [-0.3, -0.25) is 0 Å². The fourth-order valence-electron chi connectivity index (χ4n) is 2.43. The van der Waals surface area contributed by atoms with Crippen molar-refractivity contribution in [1.29, 1.82) is 0 Å². The van der Waals surface area contributed by atoms with Crippen LogP contribution < -0.4 is 15.4 Å². The molecule has 2 N–H and O–H groups in total. The third-order valence-corrected chi connectivity index (χ3v) is 3.52. The summed E-state index contributed by atoms with van der Waals surface area (Å²) in [5, 5.41) is 6.77. The van der Waals surface area contributed by atoms with Gasteiger partial charge in [-0.2, -0.15) is 0 Å². The highest BCUT2D eigenvalue weighted by Crippen LogP contribution is 2.18. The Morgan fingerprint density at radius 3 is 2.84 bits per heavy atom. The van der Waals surface area contributed by atoms with Gasteiger partial charge in [0.1, 0.15) is 0 Å². The van der Waals surface area contributed by atoms with E-state index in [1.807, 2.05) is 13.0 Å². The molecule has 19 heavy (non-hydrogen) atoms. The molecular weight excluding hydrogens is 243 g/mol. The third kappa shape index (κ3) is 4.48. The molecule has 1 aromatic rings. The van der Waals surface area contributed by atoms with Gasteiger partial charge in [-0.15, -0.1) is 0 Å². The second-order valence-electron chi connectivity index (χ2n) is 5.02. The SMILES string of the molecule is CCOc1ccc(CNCC2CCNCC2)cc1F. The van der Waals surface area contributed by atoms with Crippen LogP contribution in [0.3, 0.4) is 0 Å². The fraction of sp³-hybridized carbons (Fsp3) is 0.600. The van der Waals surface area contributed by atoms with Crippen LogP contribution in [-0.2, 0) is 6.54 Å². The average molecular weight is 266 g/mol. The summed E-state index contributed by atoms with van der Waals surface area (Å²) in [6, 6.07) is 5.18. The molecule has 2 rings (SSSR count). The van der Waals surface area contributed by atoms with Crippen molar-refractivity contribution in [2.24, 2.45) is 5.92 Å². The Hall–Kier alpha value is -1.13. The first-order valence-corrected chi connectivity index (χ1v) is 7.12. The van der Waals surface area contributed by atoms with Crippen molar-refractivity contribution in [3.05, 3.63) is 29.6 Å². The number of halogens is 1. The minimum absolute atomic E-state index is 0.275. The zero-order valence-electron chi connectivity index (χ0n) is 11.5. The van der Waals surface area contributed by atoms with E-state index < -0.39 is 0 Å². The molecule has 1 fully saturated rings. The summed E-state index contributed by atoms with van der Waals surface area (Å²) in [6.07, 6.45) is 2.45. The Morgan fingerprint density at radius 1 is 1.37 bits per heavy atom. The van der Waals surface area contributed by atoms with Crippen LogP contribution in [-0.4, -0.2) is 26.2 Å². The molecule has 0 amide bonds. The highest BCUT2D eigenvalue weighted by atomic mass is 19.1. The topological polar surface area (TPSA) is 33.3 Å². The van der Waals surface area contributed by atoms with Crippen molar-refractivity contribution in [3.63, 3.8) is 0 Å². The van der Waals surface area contributed by atoms with Gasteiger partial charge in [0.15, 0.2) is 11.6 Å². The Kier molecular flexibility index (Phi) is 5.61. The highest BCUT2D eigenvalue weighted by Gasteiger charge is 2.12. The molecule has 1 heterocycles. The lowest BCUT2D eigenvalue weighted by molar-refractivity contribution is 0.321. The molecule has 1 aliphatic heterocycles. The summed E-state index contributed by atoms with van der Waals surface area (Å²) >= 11 is 0. The lowest BCUT2D eigenvalue weighted by atomic mass is 9.98. The van der Waals surface area contributed by atoms with E-state index in [9.17, 15) is 4.39 Å². The fourth-order valence-corrected chi connectivity index (χ4v) is 2.43. The zero-order chi connectivity index (χ0) is 13.5. The number of nitrogens with one attached hydrogen (secondary N) is 2. The molecule has 1 aromatic carbocycles. The summed E-state index contributed by atoms with van der Waals surface area (Å²) in [5.74, 6) is 0.807. The predicted octanol–water partition coefficient (Wildman–Crippen LogP) is 2.31. The van der Waals surface area contributed by atoms with Gasteiger partial charge < -0.3 is 15.4 Å². The van der Waals surface area contributed by atoms with Crippen LogP contribution in [0.2, 0.25) is 0 Å². The Bertz CT molecular complexity index is 392. The highest BCUT2D eigenvalue weighted by molar-refractivity contribution is 5.29. The minimum Gasteiger partial charge on any atom is -0.491 e. The van der Waals surface area contributed by atoms with Crippen molar-refractivity contribution in [2.45, 2.75) is 26.3 Å². The maximum Gasteiger partial charge on any atom is 0.165 e. The van der Waals surface area contributed by atoms with E-state index in [1.165, 1.54) is 12.8 Å². The van der Waals surface area contributed by atoms with Crippen LogP contribution in [0.25, 0.3) is 0 Å². The molecule has 0 atom stereocenters. The lowest BCUT2D eigenvalue weighted by Crippen LogP contribution is -2.33. The Labute approximate surface area is 114 Å². The minimum atomic E-state index is -0.275. The normalized spacial score (nSPS) is 16.5. The van der Waals surface area contributed by atoms with Gasteiger partial charge in [0.25, 0.3) is 0 Å². The van der Waals surface area contributed by atoms with E-state index in [0.29, 0.717) is 18.9 Å². The summed E-state index contributed by atoms with van der Waals surface area (Å²) in [6.45, 7) is 6.30. The van der Waals surface area contributed by atoms with E-state index >= 15 is 0 Å². The zero-order valence-corrected chi connectivity index (χ0v) is 11.5.